The number of aromatic nitrogens is 2. The lowest BCUT2D eigenvalue weighted by Gasteiger charge is -2.31. The Balaban J connectivity index is 1.81. The van der Waals surface area contributed by atoms with E-state index in [1.807, 2.05) is 0 Å². The summed E-state index contributed by atoms with van der Waals surface area (Å²) in [5, 5.41) is 22.5. The van der Waals surface area contributed by atoms with E-state index in [0.717, 1.165) is 19.3 Å². The number of carbonyl (C=O) groups is 1. The molecule has 1 saturated carbocycles. The second-order valence-electron chi connectivity index (χ2n) is 6.59. The number of carbonyl (C=O) groups excluding carboxylic acids is 1. The summed E-state index contributed by atoms with van der Waals surface area (Å²) < 4.78 is 12.9. The fourth-order valence-corrected chi connectivity index (χ4v) is 3.10. The highest BCUT2D eigenvalue weighted by Crippen LogP contribution is 2.35. The molecule has 0 radical (unpaired) electrons. The van der Waals surface area contributed by atoms with Gasteiger partial charge >= 0.3 is 0 Å². The minimum absolute atomic E-state index is 0.117. The quantitative estimate of drug-likeness (QED) is 0.662. The fourth-order valence-electron chi connectivity index (χ4n) is 3.10. The Labute approximate surface area is 150 Å². The van der Waals surface area contributed by atoms with Crippen LogP contribution < -0.4 is 11.1 Å². The minimum atomic E-state index is -0.824. The summed E-state index contributed by atoms with van der Waals surface area (Å²) >= 11 is 0. The van der Waals surface area contributed by atoms with Gasteiger partial charge in [0.2, 0.25) is 5.75 Å². The van der Waals surface area contributed by atoms with E-state index in [2.05, 4.69) is 15.3 Å². The molecule has 1 aromatic heterocycles. The first kappa shape index (κ1) is 18.1. The van der Waals surface area contributed by atoms with E-state index >= 15 is 0 Å². The number of amides is 1. The van der Waals surface area contributed by atoms with E-state index in [9.17, 15) is 19.4 Å². The molecule has 8 heteroatoms. The van der Waals surface area contributed by atoms with Crippen molar-refractivity contribution in [3.63, 3.8) is 0 Å². The molecule has 1 aliphatic carbocycles. The number of nitrogens with zero attached hydrogens (tertiary/aromatic N) is 2. The van der Waals surface area contributed by atoms with Crippen LogP contribution in [0.2, 0.25) is 0 Å². The van der Waals surface area contributed by atoms with Crippen molar-refractivity contribution in [1.82, 2.24) is 15.3 Å². The van der Waals surface area contributed by atoms with Gasteiger partial charge in [-0.3, -0.25) is 4.79 Å². The smallest absolute Gasteiger partial charge is 0.274 e. The third-order valence-electron chi connectivity index (χ3n) is 4.64. The SMILES string of the molecule is NC1(c2nc(O)c(O)c(C(=O)NCc3ccc(F)cc3)n2)CCCCC1. The molecule has 0 atom stereocenters. The Morgan fingerprint density at radius 2 is 1.81 bits per heavy atom. The number of hydrogen-bond donors (Lipinski definition) is 4. The summed E-state index contributed by atoms with van der Waals surface area (Å²) in [6.45, 7) is 0.117. The average molecular weight is 360 g/mol. The van der Waals surface area contributed by atoms with Gasteiger partial charge < -0.3 is 21.3 Å². The maximum absolute atomic E-state index is 12.9. The number of halogens is 1. The lowest BCUT2D eigenvalue weighted by atomic mass is 9.82. The van der Waals surface area contributed by atoms with Crippen molar-refractivity contribution >= 4 is 5.91 Å². The molecule has 5 N–H and O–H groups in total. The van der Waals surface area contributed by atoms with Crippen LogP contribution >= 0.6 is 0 Å². The molecule has 1 fully saturated rings. The molecule has 26 heavy (non-hydrogen) atoms. The van der Waals surface area contributed by atoms with Crippen molar-refractivity contribution in [3.8, 4) is 11.6 Å². The van der Waals surface area contributed by atoms with Crippen LogP contribution in [0.15, 0.2) is 24.3 Å². The van der Waals surface area contributed by atoms with Crippen molar-refractivity contribution < 1.29 is 19.4 Å². The molecule has 0 spiro atoms. The zero-order valence-electron chi connectivity index (χ0n) is 14.2. The predicted octanol–water partition coefficient (Wildman–Crippen LogP) is 2.08. The molecule has 0 saturated heterocycles. The molecule has 3 rings (SSSR count). The summed E-state index contributed by atoms with van der Waals surface area (Å²) in [5.74, 6) is -2.25. The molecule has 1 aliphatic rings. The minimum Gasteiger partial charge on any atom is -0.501 e. The van der Waals surface area contributed by atoms with Crippen LogP contribution in [0.3, 0.4) is 0 Å². The van der Waals surface area contributed by atoms with Crippen LogP contribution in [0.25, 0.3) is 0 Å². The van der Waals surface area contributed by atoms with Crippen LogP contribution in [0, 0.1) is 5.82 Å². The average Bonchev–Trinajstić information content (AvgIpc) is 2.63. The van der Waals surface area contributed by atoms with Gasteiger partial charge in [0.05, 0.1) is 5.54 Å². The van der Waals surface area contributed by atoms with Gasteiger partial charge in [0.1, 0.15) is 5.82 Å². The normalized spacial score (nSPS) is 16.2. The first-order chi connectivity index (χ1) is 12.4. The van der Waals surface area contributed by atoms with Gasteiger partial charge in [0, 0.05) is 6.54 Å². The van der Waals surface area contributed by atoms with Gasteiger partial charge in [-0.15, -0.1) is 0 Å². The summed E-state index contributed by atoms with van der Waals surface area (Å²) in [5.41, 5.74) is 5.89. The Bertz CT molecular complexity index is 805. The summed E-state index contributed by atoms with van der Waals surface area (Å²) in [4.78, 5) is 20.4. The summed E-state index contributed by atoms with van der Waals surface area (Å²) in [6.07, 6.45) is 4.18. The molecule has 2 aromatic rings. The standard InChI is InChI=1S/C18H21FN4O3/c19-12-6-4-11(5-7-12)10-21-15(25)13-14(24)16(26)23-17(22-13)18(20)8-2-1-3-9-18/h4-7,24H,1-3,8-10,20H2,(H,21,25)(H,22,23,26). The van der Waals surface area contributed by atoms with Crippen LogP contribution in [-0.2, 0) is 12.1 Å². The van der Waals surface area contributed by atoms with Crippen molar-refractivity contribution in [1.29, 1.82) is 0 Å². The van der Waals surface area contributed by atoms with Crippen molar-refractivity contribution in [2.24, 2.45) is 5.73 Å². The van der Waals surface area contributed by atoms with Crippen LogP contribution in [0.5, 0.6) is 11.6 Å². The number of nitrogens with two attached hydrogens (primary N) is 1. The van der Waals surface area contributed by atoms with E-state index in [4.69, 9.17) is 5.73 Å². The van der Waals surface area contributed by atoms with Crippen molar-refractivity contribution in [2.45, 2.75) is 44.2 Å². The van der Waals surface area contributed by atoms with Gasteiger partial charge in [-0.2, -0.15) is 4.98 Å². The van der Waals surface area contributed by atoms with E-state index in [0.29, 0.717) is 18.4 Å². The highest BCUT2D eigenvalue weighted by Gasteiger charge is 2.34. The Morgan fingerprint density at radius 3 is 2.46 bits per heavy atom. The van der Waals surface area contributed by atoms with Crippen molar-refractivity contribution in [2.75, 3.05) is 0 Å². The molecule has 0 bridgehead atoms. The molecular weight excluding hydrogens is 339 g/mol. The number of benzene rings is 1. The van der Waals surface area contributed by atoms with E-state index in [1.165, 1.54) is 24.3 Å². The maximum Gasteiger partial charge on any atom is 0.274 e. The van der Waals surface area contributed by atoms with Gasteiger partial charge in [-0.1, -0.05) is 31.4 Å². The fraction of sp³-hybridized carbons (Fsp3) is 0.389. The van der Waals surface area contributed by atoms with E-state index in [-0.39, 0.29) is 23.9 Å². The topological polar surface area (TPSA) is 121 Å². The predicted molar refractivity (Wildman–Crippen MR) is 91.9 cm³/mol. The van der Waals surface area contributed by atoms with Crippen molar-refractivity contribution in [3.05, 3.63) is 47.2 Å². The molecular formula is C18H21FN4O3. The molecule has 1 heterocycles. The highest BCUT2D eigenvalue weighted by molar-refractivity contribution is 5.95. The number of rotatable bonds is 4. The molecule has 1 amide bonds. The monoisotopic (exact) mass is 360 g/mol. The lowest BCUT2D eigenvalue weighted by Crippen LogP contribution is -2.41. The molecule has 0 aliphatic heterocycles. The number of hydrogen-bond acceptors (Lipinski definition) is 6. The van der Waals surface area contributed by atoms with E-state index in [1.54, 1.807) is 0 Å². The highest BCUT2D eigenvalue weighted by atomic mass is 19.1. The first-order valence-electron chi connectivity index (χ1n) is 8.51. The third kappa shape index (κ3) is 3.75. The molecule has 138 valence electrons. The third-order valence-corrected chi connectivity index (χ3v) is 4.64. The second kappa shape index (κ2) is 7.25. The molecule has 7 nitrogen and oxygen atoms in total. The summed E-state index contributed by atoms with van der Waals surface area (Å²) in [6, 6.07) is 5.65. The number of nitrogens with one attached hydrogen (secondary N) is 1. The number of aromatic hydroxyl groups is 2. The van der Waals surface area contributed by atoms with Gasteiger partial charge in [-0.25, -0.2) is 9.37 Å². The lowest BCUT2D eigenvalue weighted by molar-refractivity contribution is 0.0940. The maximum atomic E-state index is 12.9. The van der Waals surface area contributed by atoms with Gasteiger partial charge in [-0.05, 0) is 30.5 Å². The van der Waals surface area contributed by atoms with Gasteiger partial charge in [0.15, 0.2) is 11.5 Å². The van der Waals surface area contributed by atoms with Crippen LogP contribution in [0.4, 0.5) is 4.39 Å². The molecule has 1 aromatic carbocycles. The molecule has 0 unspecified atom stereocenters. The van der Waals surface area contributed by atoms with Crippen LogP contribution in [-0.4, -0.2) is 26.1 Å². The second-order valence-corrected chi connectivity index (χ2v) is 6.59. The Hall–Kier alpha value is -2.74. The van der Waals surface area contributed by atoms with Crippen LogP contribution in [0.1, 0.15) is 54.0 Å². The van der Waals surface area contributed by atoms with E-state index < -0.39 is 23.1 Å². The summed E-state index contributed by atoms with van der Waals surface area (Å²) in [7, 11) is 0. The zero-order valence-corrected chi connectivity index (χ0v) is 14.2. The zero-order chi connectivity index (χ0) is 18.7. The Kier molecular flexibility index (Phi) is 5.03. The largest absolute Gasteiger partial charge is 0.501 e. The van der Waals surface area contributed by atoms with Gasteiger partial charge in [0.25, 0.3) is 11.8 Å². The first-order valence-corrected chi connectivity index (χ1v) is 8.51. The Morgan fingerprint density at radius 1 is 1.15 bits per heavy atom.